The third-order valence-corrected chi connectivity index (χ3v) is 9.11. The number of unbranched alkanes of at least 4 members (excludes halogenated alkanes) is 1. The van der Waals surface area contributed by atoms with Crippen molar-refractivity contribution in [3.8, 4) is 22.6 Å². The fourth-order valence-corrected chi connectivity index (χ4v) is 6.24. The van der Waals surface area contributed by atoms with Crippen molar-refractivity contribution in [3.63, 3.8) is 0 Å². The largest absolute Gasteiger partial charge is 0.611 e. The molecule has 0 bridgehead atoms. The molecular weight excluding hydrogens is 623 g/mol. The lowest BCUT2D eigenvalue weighted by molar-refractivity contribution is -0.112. The molecule has 5 aromatic rings. The first kappa shape index (κ1) is 34.7. The summed E-state index contributed by atoms with van der Waals surface area (Å²) in [4.78, 5) is 18.2. The monoisotopic (exact) mass is 665 g/mol. The van der Waals surface area contributed by atoms with Crippen molar-refractivity contribution < 1.29 is 18.8 Å². The highest BCUT2D eigenvalue weighted by molar-refractivity contribution is 7.90. The maximum absolute atomic E-state index is 13.3. The van der Waals surface area contributed by atoms with Gasteiger partial charge in [0.05, 0.1) is 30.5 Å². The average Bonchev–Trinajstić information content (AvgIpc) is 3.80. The second-order valence-corrected chi connectivity index (χ2v) is 12.9. The van der Waals surface area contributed by atoms with E-state index in [0.717, 1.165) is 66.2 Å². The Morgan fingerprint density at radius 2 is 1.77 bits per heavy atom. The number of carbonyl (C=O) groups is 1. The van der Waals surface area contributed by atoms with Gasteiger partial charge in [0.15, 0.2) is 10.6 Å². The molecule has 3 aromatic carbocycles. The number of nitrogens with one attached hydrogen (secondary N) is 1. The number of rotatable bonds is 17. The van der Waals surface area contributed by atoms with E-state index >= 15 is 0 Å². The summed E-state index contributed by atoms with van der Waals surface area (Å²) < 4.78 is 28.3. The molecule has 0 aliphatic carbocycles. The molecule has 2 aromatic heterocycles. The van der Waals surface area contributed by atoms with E-state index in [1.165, 1.54) is 0 Å². The molecule has 0 spiro atoms. The number of anilines is 1. The van der Waals surface area contributed by atoms with Crippen LogP contribution >= 0.6 is 0 Å². The van der Waals surface area contributed by atoms with Crippen LogP contribution in [-0.4, -0.2) is 49.6 Å². The number of hydrogen-bond acceptors (Lipinski definition) is 6. The molecule has 1 N–H and O–H groups in total. The highest BCUT2D eigenvalue weighted by atomic mass is 32.2. The molecular formula is C38H43N5O4S. The van der Waals surface area contributed by atoms with E-state index in [-0.39, 0.29) is 5.91 Å². The first-order chi connectivity index (χ1) is 23.4. The number of imidazole rings is 1. The summed E-state index contributed by atoms with van der Waals surface area (Å²) in [6.07, 6.45) is 12.2. The summed E-state index contributed by atoms with van der Waals surface area (Å²) in [5, 5.41) is 7.39. The van der Waals surface area contributed by atoms with Gasteiger partial charge >= 0.3 is 0 Å². The lowest BCUT2D eigenvalue weighted by atomic mass is 10.00. The number of hydrogen-bond donors (Lipinski definition) is 1. The van der Waals surface area contributed by atoms with E-state index in [0.29, 0.717) is 35.1 Å². The SMILES string of the molecule is CCCCOCCOc1ccc(-c2ccc(-n3cccn3)c(C=C(C)C(=O)Nc3ccc([S@@+]([O-])Cc4cncn4CCC)cc3)c2)cc1. The van der Waals surface area contributed by atoms with Gasteiger partial charge in [0.2, 0.25) is 0 Å². The molecule has 9 nitrogen and oxygen atoms in total. The lowest BCUT2D eigenvalue weighted by Crippen LogP contribution is -2.13. The number of amides is 1. The second-order valence-electron chi connectivity index (χ2n) is 11.4. The van der Waals surface area contributed by atoms with Crippen molar-refractivity contribution >= 4 is 28.8 Å². The normalized spacial score (nSPS) is 12.2. The Balaban J connectivity index is 1.26. The minimum atomic E-state index is -1.23. The summed E-state index contributed by atoms with van der Waals surface area (Å²) in [6.45, 7) is 8.71. The number of aryl methyl sites for hydroxylation is 1. The van der Waals surface area contributed by atoms with Gasteiger partial charge in [-0.3, -0.25) is 4.79 Å². The fourth-order valence-electron chi connectivity index (χ4n) is 5.13. The third kappa shape index (κ3) is 9.47. The predicted molar refractivity (Wildman–Crippen MR) is 192 cm³/mol. The molecule has 0 fully saturated rings. The Morgan fingerprint density at radius 3 is 2.50 bits per heavy atom. The predicted octanol–water partition coefficient (Wildman–Crippen LogP) is 7.69. The number of ether oxygens (including phenoxy) is 2. The molecule has 5 rings (SSSR count). The topological polar surface area (TPSA) is 106 Å². The Labute approximate surface area is 285 Å². The molecule has 0 saturated heterocycles. The van der Waals surface area contributed by atoms with Gasteiger partial charge in [0.25, 0.3) is 5.91 Å². The molecule has 2 heterocycles. The Bertz CT molecular complexity index is 1770. The molecule has 0 aliphatic heterocycles. The van der Waals surface area contributed by atoms with Crippen molar-refractivity contribution in [1.29, 1.82) is 0 Å². The summed E-state index contributed by atoms with van der Waals surface area (Å²) >= 11 is -1.23. The molecule has 10 heteroatoms. The van der Waals surface area contributed by atoms with E-state index in [4.69, 9.17) is 9.47 Å². The van der Waals surface area contributed by atoms with Crippen molar-refractivity contribution in [3.05, 3.63) is 115 Å². The zero-order valence-electron chi connectivity index (χ0n) is 27.8. The van der Waals surface area contributed by atoms with E-state index in [1.807, 2.05) is 59.3 Å². The van der Waals surface area contributed by atoms with Crippen molar-refractivity contribution in [2.75, 3.05) is 25.1 Å². The quantitative estimate of drug-likeness (QED) is 0.0620. The minimum Gasteiger partial charge on any atom is -0.611 e. The number of carbonyl (C=O) groups excluding carboxylic acids is 1. The van der Waals surface area contributed by atoms with Gasteiger partial charge in [0, 0.05) is 42.4 Å². The summed E-state index contributed by atoms with van der Waals surface area (Å²) in [6, 6.07) is 23.1. The van der Waals surface area contributed by atoms with Crippen LogP contribution in [0.4, 0.5) is 5.69 Å². The summed E-state index contributed by atoms with van der Waals surface area (Å²) in [5.41, 5.74) is 5.82. The van der Waals surface area contributed by atoms with Gasteiger partial charge in [0.1, 0.15) is 12.4 Å². The van der Waals surface area contributed by atoms with Gasteiger partial charge in [-0.15, -0.1) is 0 Å². The van der Waals surface area contributed by atoms with Gasteiger partial charge in [-0.25, -0.2) is 9.67 Å². The lowest BCUT2D eigenvalue weighted by Gasteiger charge is -2.13. The molecule has 0 radical (unpaired) electrons. The minimum absolute atomic E-state index is 0.232. The third-order valence-electron chi connectivity index (χ3n) is 7.75. The van der Waals surface area contributed by atoms with Crippen molar-refractivity contribution in [1.82, 2.24) is 19.3 Å². The summed E-state index contributed by atoms with van der Waals surface area (Å²) in [5.74, 6) is 0.944. The van der Waals surface area contributed by atoms with Gasteiger partial charge < -0.3 is 23.9 Å². The van der Waals surface area contributed by atoms with Crippen molar-refractivity contribution in [2.45, 2.75) is 57.2 Å². The second kappa shape index (κ2) is 17.5. The molecule has 48 heavy (non-hydrogen) atoms. The Kier molecular flexibility index (Phi) is 12.6. The number of aromatic nitrogens is 4. The van der Waals surface area contributed by atoms with Gasteiger partial charge in [-0.05, 0) is 103 Å². The highest BCUT2D eigenvalue weighted by Gasteiger charge is 2.16. The van der Waals surface area contributed by atoms with Crippen LogP contribution < -0.4 is 10.1 Å². The fraction of sp³-hybridized carbons (Fsp3) is 0.289. The zero-order valence-corrected chi connectivity index (χ0v) is 28.6. The van der Waals surface area contributed by atoms with E-state index < -0.39 is 11.2 Å². The van der Waals surface area contributed by atoms with E-state index in [9.17, 15) is 9.35 Å². The molecule has 0 aliphatic rings. The standard InChI is InChI=1S/C38H43N5O4S/c1-4-6-21-46-22-23-47-35-13-8-30(9-14-35)31-10-17-37(43-20-7-18-40-43)32(25-31)24-29(3)38(44)41-33-11-15-36(16-12-33)48(45)27-34-26-39-28-42(34)19-5-2/h7-18,20,24-26,28H,4-6,19,21-23,27H2,1-3H3,(H,41,44)/t48-/m0/s1. The molecule has 1 atom stereocenters. The Hall–Kier alpha value is -4.64. The average molecular weight is 666 g/mol. The molecule has 0 unspecified atom stereocenters. The van der Waals surface area contributed by atoms with Crippen LogP contribution in [0.5, 0.6) is 5.75 Å². The first-order valence-corrected chi connectivity index (χ1v) is 17.7. The zero-order chi connectivity index (χ0) is 33.7. The maximum atomic E-state index is 13.3. The van der Waals surface area contributed by atoms with Crippen LogP contribution in [0.15, 0.2) is 108 Å². The van der Waals surface area contributed by atoms with Crippen LogP contribution in [0, 0.1) is 0 Å². The van der Waals surface area contributed by atoms with E-state index in [1.54, 1.807) is 54.6 Å². The number of benzene rings is 3. The van der Waals surface area contributed by atoms with Crippen LogP contribution in [0.2, 0.25) is 0 Å². The smallest absolute Gasteiger partial charge is 0.251 e. The van der Waals surface area contributed by atoms with Crippen molar-refractivity contribution in [2.24, 2.45) is 0 Å². The molecule has 0 saturated carbocycles. The van der Waals surface area contributed by atoms with Crippen LogP contribution in [0.25, 0.3) is 22.9 Å². The first-order valence-electron chi connectivity index (χ1n) is 16.4. The molecule has 250 valence electrons. The maximum Gasteiger partial charge on any atom is 0.251 e. The van der Waals surface area contributed by atoms with Crippen LogP contribution in [0.1, 0.15) is 51.3 Å². The summed E-state index contributed by atoms with van der Waals surface area (Å²) in [7, 11) is 0. The van der Waals surface area contributed by atoms with Crippen LogP contribution in [-0.2, 0) is 33.0 Å². The van der Waals surface area contributed by atoms with E-state index in [2.05, 4.69) is 35.3 Å². The Morgan fingerprint density at radius 1 is 0.979 bits per heavy atom. The van der Waals surface area contributed by atoms with Gasteiger partial charge in [-0.2, -0.15) is 5.10 Å². The van der Waals surface area contributed by atoms with Crippen LogP contribution in [0.3, 0.4) is 0 Å². The van der Waals surface area contributed by atoms with Gasteiger partial charge in [-0.1, -0.05) is 38.5 Å². The highest BCUT2D eigenvalue weighted by Crippen LogP contribution is 2.28. The molecule has 1 amide bonds. The number of nitrogens with zero attached hydrogens (tertiary/aromatic N) is 4.